The summed E-state index contributed by atoms with van der Waals surface area (Å²) in [6.45, 7) is 1.23. The van der Waals surface area contributed by atoms with Crippen molar-refractivity contribution in [2.45, 2.75) is 18.9 Å². The standard InChI is InChI=1S/C21H22N2O3/c24-20(13-12-16-7-2-1-3-8-16)23-19-11-5-4-10-18(19)21(25)22-15-17-9-6-14-26-17/h1-5,7-8,10-13,17H,6,9,14-15H2,(H,22,25)(H,23,24)/b13-12+. The van der Waals surface area contributed by atoms with Gasteiger partial charge in [-0.1, -0.05) is 42.5 Å². The van der Waals surface area contributed by atoms with Crippen LogP contribution in [-0.2, 0) is 9.53 Å². The molecule has 134 valence electrons. The van der Waals surface area contributed by atoms with Crippen molar-refractivity contribution < 1.29 is 14.3 Å². The Balaban J connectivity index is 1.61. The predicted octanol–water partition coefficient (Wildman–Crippen LogP) is 3.25. The SMILES string of the molecule is O=C(/C=C/c1ccccc1)Nc1ccccc1C(=O)NCC1CCCO1. The summed E-state index contributed by atoms with van der Waals surface area (Å²) >= 11 is 0. The number of hydrogen-bond donors (Lipinski definition) is 2. The Morgan fingerprint density at radius 2 is 1.85 bits per heavy atom. The quantitative estimate of drug-likeness (QED) is 0.786. The molecule has 3 rings (SSSR count). The molecule has 5 nitrogen and oxygen atoms in total. The fourth-order valence-corrected chi connectivity index (χ4v) is 2.81. The molecule has 0 saturated carbocycles. The van der Waals surface area contributed by atoms with Crippen molar-refractivity contribution in [2.24, 2.45) is 0 Å². The monoisotopic (exact) mass is 350 g/mol. The highest BCUT2D eigenvalue weighted by Crippen LogP contribution is 2.16. The molecule has 2 aromatic carbocycles. The maximum Gasteiger partial charge on any atom is 0.253 e. The van der Waals surface area contributed by atoms with E-state index in [0.29, 0.717) is 17.8 Å². The van der Waals surface area contributed by atoms with Crippen LogP contribution < -0.4 is 10.6 Å². The molecular formula is C21H22N2O3. The first-order valence-electron chi connectivity index (χ1n) is 8.75. The normalized spacial score (nSPS) is 16.5. The topological polar surface area (TPSA) is 67.4 Å². The van der Waals surface area contributed by atoms with Crippen LogP contribution in [0.3, 0.4) is 0 Å². The molecule has 1 aliphatic heterocycles. The summed E-state index contributed by atoms with van der Waals surface area (Å²) in [5.41, 5.74) is 1.86. The van der Waals surface area contributed by atoms with Gasteiger partial charge < -0.3 is 15.4 Å². The number of carbonyl (C=O) groups is 2. The first-order valence-corrected chi connectivity index (χ1v) is 8.75. The number of rotatable bonds is 6. The van der Waals surface area contributed by atoms with Gasteiger partial charge in [-0.3, -0.25) is 9.59 Å². The fraction of sp³-hybridized carbons (Fsp3) is 0.238. The summed E-state index contributed by atoms with van der Waals surface area (Å²) in [6, 6.07) is 16.5. The number of amides is 2. The number of ether oxygens (including phenoxy) is 1. The lowest BCUT2D eigenvalue weighted by atomic mass is 10.1. The van der Waals surface area contributed by atoms with Crippen LogP contribution in [0.1, 0.15) is 28.8 Å². The third-order valence-corrected chi connectivity index (χ3v) is 4.17. The van der Waals surface area contributed by atoms with Gasteiger partial charge in [0, 0.05) is 19.2 Å². The zero-order valence-corrected chi connectivity index (χ0v) is 14.5. The summed E-state index contributed by atoms with van der Waals surface area (Å²) in [5.74, 6) is -0.503. The maximum absolute atomic E-state index is 12.4. The second-order valence-electron chi connectivity index (χ2n) is 6.12. The van der Waals surface area contributed by atoms with E-state index in [-0.39, 0.29) is 17.9 Å². The first kappa shape index (κ1) is 17.9. The van der Waals surface area contributed by atoms with E-state index in [2.05, 4.69) is 10.6 Å². The van der Waals surface area contributed by atoms with Gasteiger partial charge in [-0.05, 0) is 36.6 Å². The molecule has 0 radical (unpaired) electrons. The van der Waals surface area contributed by atoms with Gasteiger partial charge >= 0.3 is 0 Å². The summed E-state index contributed by atoms with van der Waals surface area (Å²) < 4.78 is 5.51. The van der Waals surface area contributed by atoms with Gasteiger partial charge in [-0.2, -0.15) is 0 Å². The van der Waals surface area contributed by atoms with Crippen molar-refractivity contribution in [1.29, 1.82) is 0 Å². The molecule has 26 heavy (non-hydrogen) atoms. The van der Waals surface area contributed by atoms with Crippen LogP contribution in [0.25, 0.3) is 6.08 Å². The molecule has 1 atom stereocenters. The van der Waals surface area contributed by atoms with Crippen molar-refractivity contribution in [2.75, 3.05) is 18.5 Å². The van der Waals surface area contributed by atoms with Gasteiger partial charge in [0.25, 0.3) is 5.91 Å². The highest BCUT2D eigenvalue weighted by molar-refractivity contribution is 6.07. The molecule has 0 aromatic heterocycles. The second kappa shape index (κ2) is 8.97. The van der Waals surface area contributed by atoms with Crippen LogP contribution in [0.15, 0.2) is 60.7 Å². The van der Waals surface area contributed by atoms with Crippen molar-refractivity contribution >= 4 is 23.6 Å². The number of para-hydroxylation sites is 1. The van der Waals surface area contributed by atoms with E-state index in [0.717, 1.165) is 25.0 Å². The summed E-state index contributed by atoms with van der Waals surface area (Å²) in [5, 5.41) is 5.65. The zero-order chi connectivity index (χ0) is 18.2. The highest BCUT2D eigenvalue weighted by atomic mass is 16.5. The number of hydrogen-bond acceptors (Lipinski definition) is 3. The zero-order valence-electron chi connectivity index (χ0n) is 14.5. The van der Waals surface area contributed by atoms with Gasteiger partial charge in [0.05, 0.1) is 17.4 Å². The van der Waals surface area contributed by atoms with Gasteiger partial charge in [-0.15, -0.1) is 0 Å². The highest BCUT2D eigenvalue weighted by Gasteiger charge is 2.18. The second-order valence-corrected chi connectivity index (χ2v) is 6.12. The van der Waals surface area contributed by atoms with Gasteiger partial charge in [-0.25, -0.2) is 0 Å². The van der Waals surface area contributed by atoms with Crippen LogP contribution in [0.4, 0.5) is 5.69 Å². The van der Waals surface area contributed by atoms with Crippen LogP contribution in [0, 0.1) is 0 Å². The number of carbonyl (C=O) groups excluding carboxylic acids is 2. The van der Waals surface area contributed by atoms with Crippen molar-refractivity contribution in [3.63, 3.8) is 0 Å². The lowest BCUT2D eigenvalue weighted by Crippen LogP contribution is -2.32. The van der Waals surface area contributed by atoms with E-state index in [1.54, 1.807) is 30.3 Å². The average Bonchev–Trinajstić information content (AvgIpc) is 3.19. The molecule has 0 aliphatic carbocycles. The molecule has 1 heterocycles. The van der Waals surface area contributed by atoms with E-state index in [9.17, 15) is 9.59 Å². The third kappa shape index (κ3) is 5.04. The Kier molecular flexibility index (Phi) is 6.17. The number of anilines is 1. The van der Waals surface area contributed by atoms with E-state index in [4.69, 9.17) is 4.74 Å². The largest absolute Gasteiger partial charge is 0.376 e. The molecule has 1 saturated heterocycles. The lowest BCUT2D eigenvalue weighted by Gasteiger charge is -2.13. The Morgan fingerprint density at radius 3 is 2.62 bits per heavy atom. The Morgan fingerprint density at radius 1 is 1.08 bits per heavy atom. The van der Waals surface area contributed by atoms with Crippen LogP contribution in [-0.4, -0.2) is 31.1 Å². The van der Waals surface area contributed by atoms with E-state index in [1.165, 1.54) is 6.08 Å². The molecule has 1 unspecified atom stereocenters. The van der Waals surface area contributed by atoms with Crippen LogP contribution in [0.2, 0.25) is 0 Å². The number of benzene rings is 2. The van der Waals surface area contributed by atoms with Gasteiger partial charge in [0.15, 0.2) is 0 Å². The lowest BCUT2D eigenvalue weighted by molar-refractivity contribution is -0.111. The summed E-state index contributed by atoms with van der Waals surface area (Å²) in [4.78, 5) is 24.6. The van der Waals surface area contributed by atoms with Crippen molar-refractivity contribution in [3.8, 4) is 0 Å². The summed E-state index contributed by atoms with van der Waals surface area (Å²) in [6.07, 6.45) is 5.25. The third-order valence-electron chi connectivity index (χ3n) is 4.17. The Labute approximate surface area is 153 Å². The van der Waals surface area contributed by atoms with Crippen LogP contribution in [0.5, 0.6) is 0 Å². The Hall–Kier alpha value is -2.92. The first-order chi connectivity index (χ1) is 12.7. The van der Waals surface area contributed by atoms with Crippen molar-refractivity contribution in [3.05, 3.63) is 71.8 Å². The van der Waals surface area contributed by atoms with Crippen molar-refractivity contribution in [1.82, 2.24) is 5.32 Å². The van der Waals surface area contributed by atoms with Gasteiger partial charge in [0.2, 0.25) is 5.91 Å². The fourth-order valence-electron chi connectivity index (χ4n) is 2.81. The molecule has 2 aromatic rings. The smallest absolute Gasteiger partial charge is 0.253 e. The predicted molar refractivity (Wildman–Crippen MR) is 102 cm³/mol. The molecule has 5 heteroatoms. The Bertz CT molecular complexity index is 781. The molecule has 0 bridgehead atoms. The molecule has 2 amide bonds. The molecule has 0 spiro atoms. The molecule has 1 aliphatic rings. The minimum Gasteiger partial charge on any atom is -0.376 e. The number of nitrogens with one attached hydrogen (secondary N) is 2. The molecule has 1 fully saturated rings. The minimum atomic E-state index is -0.284. The summed E-state index contributed by atoms with van der Waals surface area (Å²) in [7, 11) is 0. The molecular weight excluding hydrogens is 328 g/mol. The van der Waals surface area contributed by atoms with E-state index >= 15 is 0 Å². The maximum atomic E-state index is 12.4. The van der Waals surface area contributed by atoms with E-state index < -0.39 is 0 Å². The average molecular weight is 350 g/mol. The van der Waals surface area contributed by atoms with E-state index in [1.807, 2.05) is 30.3 Å². The minimum absolute atomic E-state index is 0.0782. The molecule has 2 N–H and O–H groups in total. The van der Waals surface area contributed by atoms with Crippen LogP contribution >= 0.6 is 0 Å². The van der Waals surface area contributed by atoms with Gasteiger partial charge in [0.1, 0.15) is 0 Å².